The molecule has 2 aromatic rings. The molecule has 0 heterocycles. The van der Waals surface area contributed by atoms with Crippen molar-refractivity contribution in [2.45, 2.75) is 53.9 Å². The van der Waals surface area contributed by atoms with Crippen LogP contribution in [-0.4, -0.2) is 0 Å². The van der Waals surface area contributed by atoms with Crippen LogP contribution in [0.25, 0.3) is 0 Å². The Bertz CT molecular complexity index is 666. The molecule has 0 fully saturated rings. The molecule has 0 amide bonds. The van der Waals surface area contributed by atoms with Gasteiger partial charge in [0.15, 0.2) is 0 Å². The Hall–Kier alpha value is -1.76. The maximum Gasteiger partial charge on any atom is 0.0425 e. The van der Waals surface area contributed by atoms with Gasteiger partial charge in [-0.05, 0) is 66.5 Å². The van der Waals surface area contributed by atoms with Crippen LogP contribution in [0.2, 0.25) is 0 Å². The molecule has 0 aliphatic rings. The fourth-order valence-corrected chi connectivity index (χ4v) is 2.67. The normalized spacial score (nSPS) is 11.8. The number of rotatable bonds is 4. The molecule has 2 aromatic carbocycles. The van der Waals surface area contributed by atoms with Gasteiger partial charge in [0.1, 0.15) is 0 Å². The summed E-state index contributed by atoms with van der Waals surface area (Å²) in [6.45, 7) is 15.7. The van der Waals surface area contributed by atoms with Crippen molar-refractivity contribution in [1.82, 2.24) is 0 Å². The molecule has 0 aliphatic carbocycles. The number of anilines is 2. The number of hydrogen-bond donors (Lipinski definition) is 1. The molecular weight excluding hydrogens is 266 g/mol. The molecule has 0 aliphatic heterocycles. The van der Waals surface area contributed by atoms with E-state index in [1.54, 1.807) is 0 Å². The van der Waals surface area contributed by atoms with Gasteiger partial charge >= 0.3 is 0 Å². The second-order valence-corrected chi connectivity index (χ2v) is 7.30. The second-order valence-electron chi connectivity index (χ2n) is 7.30. The van der Waals surface area contributed by atoms with Gasteiger partial charge in [-0.25, -0.2) is 0 Å². The zero-order valence-corrected chi connectivity index (χ0v) is 15.0. The summed E-state index contributed by atoms with van der Waals surface area (Å²) in [5.41, 5.74) is 7.87. The van der Waals surface area contributed by atoms with Gasteiger partial charge in [-0.1, -0.05) is 52.0 Å². The standard InChI is InChI=1S/C21H29N/c1-14(2)21(6,7)18-12-11-15(3)13-20(18)22-19-10-8-9-16(4)17(19)5/h8-14,22H,1-7H3. The van der Waals surface area contributed by atoms with Crippen LogP contribution in [0.3, 0.4) is 0 Å². The van der Waals surface area contributed by atoms with Crippen LogP contribution in [0.15, 0.2) is 36.4 Å². The van der Waals surface area contributed by atoms with E-state index in [1.807, 2.05) is 0 Å². The summed E-state index contributed by atoms with van der Waals surface area (Å²) < 4.78 is 0. The van der Waals surface area contributed by atoms with E-state index >= 15 is 0 Å². The largest absolute Gasteiger partial charge is 0.355 e. The van der Waals surface area contributed by atoms with Gasteiger partial charge in [-0.15, -0.1) is 0 Å². The average Bonchev–Trinajstić information content (AvgIpc) is 2.43. The molecule has 2 rings (SSSR count). The minimum atomic E-state index is 0.133. The molecule has 1 nitrogen and oxygen atoms in total. The molecule has 0 bridgehead atoms. The van der Waals surface area contributed by atoms with Gasteiger partial charge < -0.3 is 5.32 Å². The Morgan fingerprint density at radius 3 is 2.23 bits per heavy atom. The van der Waals surface area contributed by atoms with Gasteiger partial charge in [0.05, 0.1) is 0 Å². The van der Waals surface area contributed by atoms with Crippen molar-refractivity contribution in [3.8, 4) is 0 Å². The Morgan fingerprint density at radius 2 is 1.59 bits per heavy atom. The van der Waals surface area contributed by atoms with Crippen LogP contribution >= 0.6 is 0 Å². The zero-order chi connectivity index (χ0) is 16.5. The Labute approximate surface area is 135 Å². The highest BCUT2D eigenvalue weighted by Crippen LogP contribution is 2.38. The lowest BCUT2D eigenvalue weighted by Gasteiger charge is -2.32. The molecule has 0 saturated heterocycles. The molecular formula is C21H29N. The van der Waals surface area contributed by atoms with Crippen molar-refractivity contribution in [3.05, 3.63) is 58.7 Å². The predicted molar refractivity (Wildman–Crippen MR) is 98.2 cm³/mol. The van der Waals surface area contributed by atoms with Crippen LogP contribution in [0.1, 0.15) is 49.9 Å². The maximum atomic E-state index is 3.68. The smallest absolute Gasteiger partial charge is 0.0425 e. The number of nitrogens with one attached hydrogen (secondary N) is 1. The second kappa shape index (κ2) is 6.16. The van der Waals surface area contributed by atoms with E-state index in [-0.39, 0.29) is 5.41 Å². The molecule has 0 unspecified atom stereocenters. The summed E-state index contributed by atoms with van der Waals surface area (Å²) in [5.74, 6) is 0.578. The van der Waals surface area contributed by atoms with Gasteiger partial charge in [-0.2, -0.15) is 0 Å². The SMILES string of the molecule is Cc1ccc(C(C)(C)C(C)C)c(Nc2cccc(C)c2C)c1. The van der Waals surface area contributed by atoms with Crippen molar-refractivity contribution < 1.29 is 0 Å². The first-order valence-corrected chi connectivity index (χ1v) is 8.18. The highest BCUT2D eigenvalue weighted by Gasteiger charge is 2.27. The molecule has 0 atom stereocenters. The molecule has 22 heavy (non-hydrogen) atoms. The van der Waals surface area contributed by atoms with Gasteiger partial charge in [0, 0.05) is 11.4 Å². The van der Waals surface area contributed by atoms with E-state index in [0.717, 1.165) is 0 Å². The van der Waals surface area contributed by atoms with Gasteiger partial charge in [-0.3, -0.25) is 0 Å². The summed E-state index contributed by atoms with van der Waals surface area (Å²) in [4.78, 5) is 0. The predicted octanol–water partition coefficient (Wildman–Crippen LogP) is 6.29. The fourth-order valence-electron chi connectivity index (χ4n) is 2.67. The summed E-state index contributed by atoms with van der Waals surface area (Å²) in [7, 11) is 0. The van der Waals surface area contributed by atoms with Crippen LogP contribution in [0.5, 0.6) is 0 Å². The first-order valence-electron chi connectivity index (χ1n) is 8.18. The van der Waals surface area contributed by atoms with Crippen LogP contribution < -0.4 is 5.32 Å². The Kier molecular flexibility index (Phi) is 4.65. The van der Waals surface area contributed by atoms with Crippen molar-refractivity contribution >= 4 is 11.4 Å². The zero-order valence-electron chi connectivity index (χ0n) is 15.0. The van der Waals surface area contributed by atoms with E-state index in [0.29, 0.717) is 5.92 Å². The quantitative estimate of drug-likeness (QED) is 0.699. The molecule has 1 heteroatoms. The maximum absolute atomic E-state index is 3.68. The molecule has 0 radical (unpaired) electrons. The first-order chi connectivity index (χ1) is 10.2. The van der Waals surface area contributed by atoms with E-state index < -0.39 is 0 Å². The highest BCUT2D eigenvalue weighted by molar-refractivity contribution is 5.68. The van der Waals surface area contributed by atoms with E-state index in [4.69, 9.17) is 0 Å². The third-order valence-electron chi connectivity index (χ3n) is 5.19. The van der Waals surface area contributed by atoms with Crippen molar-refractivity contribution in [2.75, 3.05) is 5.32 Å². The summed E-state index contributed by atoms with van der Waals surface area (Å²) in [6, 6.07) is 13.2. The monoisotopic (exact) mass is 295 g/mol. The Morgan fingerprint density at radius 1 is 0.909 bits per heavy atom. The van der Waals surface area contributed by atoms with Crippen molar-refractivity contribution in [3.63, 3.8) is 0 Å². The van der Waals surface area contributed by atoms with E-state index in [2.05, 4.69) is 90.2 Å². The van der Waals surface area contributed by atoms with Crippen LogP contribution in [0, 0.1) is 26.7 Å². The highest BCUT2D eigenvalue weighted by atomic mass is 14.9. The number of benzene rings is 2. The fraction of sp³-hybridized carbons (Fsp3) is 0.429. The molecule has 1 N–H and O–H groups in total. The van der Waals surface area contributed by atoms with Crippen LogP contribution in [-0.2, 0) is 5.41 Å². The van der Waals surface area contributed by atoms with Gasteiger partial charge in [0.25, 0.3) is 0 Å². The minimum absolute atomic E-state index is 0.133. The average molecular weight is 295 g/mol. The van der Waals surface area contributed by atoms with Crippen LogP contribution in [0.4, 0.5) is 11.4 Å². The topological polar surface area (TPSA) is 12.0 Å². The minimum Gasteiger partial charge on any atom is -0.355 e. The third-order valence-corrected chi connectivity index (χ3v) is 5.19. The van der Waals surface area contributed by atoms with Crippen molar-refractivity contribution in [2.24, 2.45) is 5.92 Å². The molecule has 0 saturated carbocycles. The summed E-state index contributed by atoms with van der Waals surface area (Å²) in [5, 5.41) is 3.68. The van der Waals surface area contributed by atoms with E-state index in [1.165, 1.54) is 33.6 Å². The first kappa shape index (κ1) is 16.6. The lowest BCUT2D eigenvalue weighted by molar-refractivity contribution is 0.373. The molecule has 0 aromatic heterocycles. The lowest BCUT2D eigenvalue weighted by atomic mass is 9.74. The molecule has 118 valence electrons. The summed E-state index contributed by atoms with van der Waals surface area (Å²) >= 11 is 0. The van der Waals surface area contributed by atoms with E-state index in [9.17, 15) is 0 Å². The Balaban J connectivity index is 2.51. The third kappa shape index (κ3) is 3.19. The summed E-state index contributed by atoms with van der Waals surface area (Å²) in [6.07, 6.45) is 0. The van der Waals surface area contributed by atoms with Gasteiger partial charge in [0.2, 0.25) is 0 Å². The number of hydrogen-bond acceptors (Lipinski definition) is 1. The molecule has 0 spiro atoms. The lowest BCUT2D eigenvalue weighted by Crippen LogP contribution is -2.25. The van der Waals surface area contributed by atoms with Crippen molar-refractivity contribution in [1.29, 1.82) is 0 Å². The number of aryl methyl sites for hydroxylation is 2.